The quantitative estimate of drug-likeness (QED) is 0.646. The molecule has 0 bridgehead atoms. The second kappa shape index (κ2) is 6.18. The van der Waals surface area contributed by atoms with Gasteiger partial charge in [0.1, 0.15) is 5.82 Å². The largest absolute Gasteiger partial charge is 0.377 e. The van der Waals surface area contributed by atoms with Crippen LogP contribution < -0.4 is 11.3 Å². The molecule has 1 saturated carbocycles. The lowest BCUT2D eigenvalue weighted by Gasteiger charge is -2.36. The molecule has 1 aliphatic rings. The van der Waals surface area contributed by atoms with Crippen LogP contribution >= 0.6 is 11.6 Å². The third-order valence-electron chi connectivity index (χ3n) is 4.12. The van der Waals surface area contributed by atoms with Gasteiger partial charge in [-0.05, 0) is 43.0 Å². The zero-order chi connectivity index (χ0) is 13.9. The lowest BCUT2D eigenvalue weighted by molar-refractivity contribution is -0.0357. The Hall–Kier alpha value is -0.680. The first-order chi connectivity index (χ1) is 9.11. The molecule has 3 nitrogen and oxygen atoms in total. The molecule has 19 heavy (non-hydrogen) atoms. The van der Waals surface area contributed by atoms with Gasteiger partial charge in [-0.1, -0.05) is 24.4 Å². The molecule has 1 fully saturated rings. The number of hydrazine groups is 1. The van der Waals surface area contributed by atoms with E-state index in [1.54, 1.807) is 19.2 Å². The fourth-order valence-electron chi connectivity index (χ4n) is 2.98. The Bertz CT molecular complexity index is 435. The van der Waals surface area contributed by atoms with E-state index in [-0.39, 0.29) is 17.5 Å². The van der Waals surface area contributed by atoms with E-state index in [1.807, 2.05) is 0 Å². The maximum atomic E-state index is 13.8. The van der Waals surface area contributed by atoms with E-state index in [2.05, 4.69) is 5.43 Å². The van der Waals surface area contributed by atoms with Crippen molar-refractivity contribution in [2.24, 2.45) is 5.84 Å². The predicted molar refractivity (Wildman–Crippen MR) is 74.4 cm³/mol. The lowest BCUT2D eigenvalue weighted by Crippen LogP contribution is -2.54. The summed E-state index contributed by atoms with van der Waals surface area (Å²) < 4.78 is 19.5. The van der Waals surface area contributed by atoms with E-state index in [0.29, 0.717) is 17.0 Å². The molecule has 0 aliphatic heterocycles. The monoisotopic (exact) mass is 286 g/mol. The first-order valence-electron chi connectivity index (χ1n) is 6.56. The van der Waals surface area contributed by atoms with Crippen molar-refractivity contribution in [2.75, 3.05) is 7.11 Å². The number of methoxy groups -OCH3 is 1. The van der Waals surface area contributed by atoms with Gasteiger partial charge in [-0.25, -0.2) is 4.39 Å². The summed E-state index contributed by atoms with van der Waals surface area (Å²) in [7, 11) is 1.70. The van der Waals surface area contributed by atoms with Crippen molar-refractivity contribution in [1.82, 2.24) is 5.43 Å². The maximum Gasteiger partial charge on any atom is 0.126 e. The van der Waals surface area contributed by atoms with Crippen molar-refractivity contribution in [3.63, 3.8) is 0 Å². The van der Waals surface area contributed by atoms with E-state index in [9.17, 15) is 4.39 Å². The van der Waals surface area contributed by atoms with Crippen LogP contribution in [-0.2, 0) is 11.2 Å². The Kier molecular flexibility index (Phi) is 4.79. The van der Waals surface area contributed by atoms with E-state index >= 15 is 0 Å². The van der Waals surface area contributed by atoms with E-state index in [0.717, 1.165) is 25.7 Å². The van der Waals surface area contributed by atoms with E-state index in [1.165, 1.54) is 6.07 Å². The van der Waals surface area contributed by atoms with Crippen LogP contribution in [0.1, 0.15) is 31.2 Å². The SMILES string of the molecule is COC1(C(Cc2cc(Cl)ccc2F)NN)CCCC1. The number of benzene rings is 1. The smallest absolute Gasteiger partial charge is 0.126 e. The van der Waals surface area contributed by atoms with Gasteiger partial charge in [0.15, 0.2) is 0 Å². The van der Waals surface area contributed by atoms with Crippen molar-refractivity contribution >= 4 is 11.6 Å². The van der Waals surface area contributed by atoms with Crippen LogP contribution in [-0.4, -0.2) is 18.8 Å². The summed E-state index contributed by atoms with van der Waals surface area (Å²) >= 11 is 5.92. The number of nitrogens with two attached hydrogens (primary N) is 1. The summed E-state index contributed by atoms with van der Waals surface area (Å²) in [5.41, 5.74) is 3.06. The number of halogens is 2. The predicted octanol–water partition coefficient (Wildman–Crippen LogP) is 2.81. The van der Waals surface area contributed by atoms with Crippen molar-refractivity contribution in [1.29, 1.82) is 0 Å². The van der Waals surface area contributed by atoms with Gasteiger partial charge < -0.3 is 4.74 Å². The summed E-state index contributed by atoms with van der Waals surface area (Å²) in [5.74, 6) is 5.41. The molecule has 2 rings (SSSR count). The van der Waals surface area contributed by atoms with Gasteiger partial charge in [0, 0.05) is 12.1 Å². The van der Waals surface area contributed by atoms with Crippen LogP contribution in [0, 0.1) is 5.82 Å². The molecule has 0 radical (unpaired) electrons. The van der Waals surface area contributed by atoms with Gasteiger partial charge in [0.05, 0.1) is 11.6 Å². The van der Waals surface area contributed by atoms with Gasteiger partial charge in [-0.2, -0.15) is 0 Å². The van der Waals surface area contributed by atoms with Crippen LogP contribution in [0.5, 0.6) is 0 Å². The molecule has 5 heteroatoms. The minimum Gasteiger partial charge on any atom is -0.377 e. The van der Waals surface area contributed by atoms with Gasteiger partial charge in [0.2, 0.25) is 0 Å². The molecule has 0 aromatic heterocycles. The molecule has 1 aromatic rings. The average molecular weight is 287 g/mol. The van der Waals surface area contributed by atoms with Gasteiger partial charge in [-0.3, -0.25) is 11.3 Å². The van der Waals surface area contributed by atoms with Crippen molar-refractivity contribution in [3.05, 3.63) is 34.6 Å². The Morgan fingerprint density at radius 2 is 2.16 bits per heavy atom. The number of hydrogen-bond acceptors (Lipinski definition) is 3. The summed E-state index contributed by atoms with van der Waals surface area (Å²) in [5, 5.41) is 0.532. The topological polar surface area (TPSA) is 47.3 Å². The van der Waals surface area contributed by atoms with Crippen molar-refractivity contribution < 1.29 is 9.13 Å². The van der Waals surface area contributed by atoms with Crippen LogP contribution in [0.3, 0.4) is 0 Å². The first-order valence-corrected chi connectivity index (χ1v) is 6.94. The normalized spacial score (nSPS) is 19.6. The molecule has 106 valence electrons. The molecule has 0 heterocycles. The summed E-state index contributed by atoms with van der Waals surface area (Å²) in [6.45, 7) is 0. The second-order valence-corrected chi connectivity index (χ2v) is 5.57. The van der Waals surface area contributed by atoms with Crippen LogP contribution in [0.25, 0.3) is 0 Å². The molecule has 0 saturated heterocycles. The zero-order valence-electron chi connectivity index (χ0n) is 11.1. The fourth-order valence-corrected chi connectivity index (χ4v) is 3.18. The maximum absolute atomic E-state index is 13.8. The number of ether oxygens (including phenoxy) is 1. The second-order valence-electron chi connectivity index (χ2n) is 5.14. The highest BCUT2D eigenvalue weighted by molar-refractivity contribution is 6.30. The van der Waals surface area contributed by atoms with E-state index in [4.69, 9.17) is 22.2 Å². The first kappa shape index (κ1) is 14.7. The minimum absolute atomic E-state index is 0.118. The zero-order valence-corrected chi connectivity index (χ0v) is 11.8. The minimum atomic E-state index is -0.302. The van der Waals surface area contributed by atoms with Gasteiger partial charge >= 0.3 is 0 Å². The third-order valence-corrected chi connectivity index (χ3v) is 4.36. The Morgan fingerprint density at radius 3 is 2.74 bits per heavy atom. The standard InChI is InChI=1S/C14H20ClFN2O/c1-19-14(6-2-3-7-14)13(18-17)9-10-8-11(15)4-5-12(10)16/h4-5,8,13,18H,2-3,6-7,9,17H2,1H3. The highest BCUT2D eigenvalue weighted by atomic mass is 35.5. The molecule has 0 amide bonds. The summed E-state index contributed by atoms with van der Waals surface area (Å²) in [6.07, 6.45) is 4.59. The fraction of sp³-hybridized carbons (Fsp3) is 0.571. The Morgan fingerprint density at radius 1 is 1.47 bits per heavy atom. The van der Waals surface area contributed by atoms with Crippen molar-refractivity contribution in [3.8, 4) is 0 Å². The third kappa shape index (κ3) is 3.08. The van der Waals surface area contributed by atoms with Crippen LogP contribution in [0.15, 0.2) is 18.2 Å². The number of hydrogen-bond donors (Lipinski definition) is 2. The molecular formula is C14H20ClFN2O. The lowest BCUT2D eigenvalue weighted by atomic mass is 9.87. The van der Waals surface area contributed by atoms with Crippen molar-refractivity contribution in [2.45, 2.75) is 43.7 Å². The molecule has 3 N–H and O–H groups in total. The highest BCUT2D eigenvalue weighted by Gasteiger charge is 2.41. The van der Waals surface area contributed by atoms with Gasteiger partial charge in [0.25, 0.3) is 0 Å². The van der Waals surface area contributed by atoms with Gasteiger partial charge in [-0.15, -0.1) is 0 Å². The molecular weight excluding hydrogens is 267 g/mol. The molecule has 1 atom stereocenters. The summed E-state index contributed by atoms with van der Waals surface area (Å²) in [6, 6.07) is 4.47. The number of nitrogens with one attached hydrogen (secondary N) is 1. The average Bonchev–Trinajstić information content (AvgIpc) is 2.89. The highest BCUT2D eigenvalue weighted by Crippen LogP contribution is 2.37. The summed E-state index contributed by atoms with van der Waals surface area (Å²) in [4.78, 5) is 0. The van der Waals surface area contributed by atoms with Crippen LogP contribution in [0.2, 0.25) is 5.02 Å². The van der Waals surface area contributed by atoms with E-state index < -0.39 is 0 Å². The molecule has 1 unspecified atom stereocenters. The Labute approximate surface area is 118 Å². The molecule has 0 spiro atoms. The molecule has 1 aromatic carbocycles. The molecule has 1 aliphatic carbocycles. The number of rotatable bonds is 5. The van der Waals surface area contributed by atoms with Crippen LogP contribution in [0.4, 0.5) is 4.39 Å². The Balaban J connectivity index is 2.21.